The Balaban J connectivity index is 1.98. The Hall–Kier alpha value is -1.88. The third-order valence-electron chi connectivity index (χ3n) is 3.09. The summed E-state index contributed by atoms with van der Waals surface area (Å²) >= 11 is 1.45. The molecular weight excluding hydrogens is 272 g/mol. The molecule has 1 aliphatic rings. The molecule has 0 spiro atoms. The maximum atomic E-state index is 12.2. The molecule has 4 nitrogen and oxygen atoms in total. The lowest BCUT2D eigenvalue weighted by Crippen LogP contribution is -2.29. The molecule has 0 fully saturated rings. The van der Waals surface area contributed by atoms with Gasteiger partial charge in [-0.15, -0.1) is 0 Å². The fourth-order valence-corrected chi connectivity index (χ4v) is 3.16. The minimum absolute atomic E-state index is 0.0612. The average Bonchev–Trinajstić information content (AvgIpc) is 3.02. The van der Waals surface area contributed by atoms with Gasteiger partial charge >= 0.3 is 0 Å². The Morgan fingerprint density at radius 3 is 3.20 bits per heavy atom. The van der Waals surface area contributed by atoms with Gasteiger partial charge in [-0.05, 0) is 30.2 Å². The van der Waals surface area contributed by atoms with Crippen LogP contribution >= 0.6 is 11.3 Å². The SMILES string of the molecule is CCCOc1cccc(/C=c2/sc3n(c2=O)CCN=3)c1. The van der Waals surface area contributed by atoms with E-state index < -0.39 is 0 Å². The monoisotopic (exact) mass is 288 g/mol. The molecule has 0 saturated heterocycles. The van der Waals surface area contributed by atoms with Crippen molar-refractivity contribution in [2.45, 2.75) is 19.9 Å². The fourth-order valence-electron chi connectivity index (χ4n) is 2.13. The van der Waals surface area contributed by atoms with Crippen LogP contribution < -0.4 is 19.6 Å². The van der Waals surface area contributed by atoms with Crippen LogP contribution in [-0.4, -0.2) is 17.7 Å². The van der Waals surface area contributed by atoms with E-state index in [0.29, 0.717) is 13.2 Å². The number of fused-ring (bicyclic) bond motifs is 1. The van der Waals surface area contributed by atoms with Crippen molar-refractivity contribution < 1.29 is 4.74 Å². The zero-order chi connectivity index (χ0) is 13.9. The van der Waals surface area contributed by atoms with Crippen molar-refractivity contribution in [3.05, 3.63) is 49.5 Å². The summed E-state index contributed by atoms with van der Waals surface area (Å²) in [7, 11) is 0. The first-order valence-electron chi connectivity index (χ1n) is 6.76. The second-order valence-electron chi connectivity index (χ2n) is 4.65. The largest absolute Gasteiger partial charge is 0.494 e. The molecule has 20 heavy (non-hydrogen) atoms. The van der Waals surface area contributed by atoms with E-state index in [1.165, 1.54) is 11.3 Å². The van der Waals surface area contributed by atoms with Crippen LogP contribution in [0.25, 0.3) is 6.08 Å². The molecule has 0 unspecified atom stereocenters. The first-order chi connectivity index (χ1) is 9.78. The zero-order valence-electron chi connectivity index (χ0n) is 11.3. The summed E-state index contributed by atoms with van der Waals surface area (Å²) in [5, 5.41) is 0. The number of thiazole rings is 1. The normalized spacial score (nSPS) is 14.2. The summed E-state index contributed by atoms with van der Waals surface area (Å²) < 4.78 is 8.08. The lowest BCUT2D eigenvalue weighted by molar-refractivity contribution is 0.317. The van der Waals surface area contributed by atoms with E-state index in [4.69, 9.17) is 4.74 Å². The molecular formula is C15H16N2O2S. The predicted octanol–water partition coefficient (Wildman–Crippen LogP) is 1.16. The van der Waals surface area contributed by atoms with E-state index in [1.807, 2.05) is 30.3 Å². The Labute approximate surface area is 120 Å². The molecule has 1 aliphatic heterocycles. The standard InChI is InChI=1S/C15H16N2O2S/c1-2-8-19-12-5-3-4-11(9-12)10-13-14(18)17-7-6-16-15(17)20-13/h3-5,9-10H,2,6-8H2,1H3/b13-10+. The van der Waals surface area contributed by atoms with Crippen LogP contribution in [0.3, 0.4) is 0 Å². The quantitative estimate of drug-likeness (QED) is 0.847. The second-order valence-corrected chi connectivity index (χ2v) is 5.66. The molecule has 3 rings (SSSR count). The predicted molar refractivity (Wildman–Crippen MR) is 80.0 cm³/mol. The van der Waals surface area contributed by atoms with Crippen molar-refractivity contribution >= 4 is 17.4 Å². The molecule has 0 saturated carbocycles. The molecule has 1 aromatic heterocycles. The van der Waals surface area contributed by atoms with Crippen molar-refractivity contribution in [2.24, 2.45) is 4.99 Å². The summed E-state index contributed by atoms with van der Waals surface area (Å²) in [6.45, 7) is 4.21. The average molecular weight is 288 g/mol. The van der Waals surface area contributed by atoms with Crippen molar-refractivity contribution in [2.75, 3.05) is 13.2 Å². The summed E-state index contributed by atoms with van der Waals surface area (Å²) in [4.78, 5) is 17.3. The van der Waals surface area contributed by atoms with Gasteiger partial charge in [0.25, 0.3) is 5.56 Å². The third-order valence-corrected chi connectivity index (χ3v) is 4.13. The van der Waals surface area contributed by atoms with E-state index in [0.717, 1.165) is 33.6 Å². The number of ether oxygens (including phenoxy) is 1. The molecule has 2 heterocycles. The molecule has 0 aliphatic carbocycles. The highest BCUT2D eigenvalue weighted by atomic mass is 32.1. The van der Waals surface area contributed by atoms with Crippen LogP contribution in [0.4, 0.5) is 0 Å². The van der Waals surface area contributed by atoms with E-state index in [9.17, 15) is 4.79 Å². The number of aromatic nitrogens is 1. The highest BCUT2D eigenvalue weighted by molar-refractivity contribution is 7.07. The van der Waals surface area contributed by atoms with Gasteiger partial charge in [0.1, 0.15) is 5.75 Å². The van der Waals surface area contributed by atoms with Crippen LogP contribution in [0.15, 0.2) is 34.1 Å². The van der Waals surface area contributed by atoms with Crippen LogP contribution in [0.5, 0.6) is 5.75 Å². The van der Waals surface area contributed by atoms with Crippen LogP contribution in [0.2, 0.25) is 0 Å². The van der Waals surface area contributed by atoms with Gasteiger partial charge in [0.05, 0.1) is 17.7 Å². The van der Waals surface area contributed by atoms with Gasteiger partial charge in [0.2, 0.25) is 0 Å². The summed E-state index contributed by atoms with van der Waals surface area (Å²) in [5.41, 5.74) is 1.04. The fraction of sp³-hybridized carbons (Fsp3) is 0.333. The molecule has 0 amide bonds. The minimum atomic E-state index is 0.0612. The Kier molecular flexibility index (Phi) is 3.69. The van der Waals surface area contributed by atoms with Gasteiger partial charge in [0, 0.05) is 6.54 Å². The molecule has 0 atom stereocenters. The lowest BCUT2D eigenvalue weighted by Gasteiger charge is -2.04. The van der Waals surface area contributed by atoms with Crippen molar-refractivity contribution in [3.8, 4) is 5.75 Å². The maximum absolute atomic E-state index is 12.2. The zero-order valence-corrected chi connectivity index (χ0v) is 12.2. The van der Waals surface area contributed by atoms with Crippen molar-refractivity contribution in [3.63, 3.8) is 0 Å². The van der Waals surface area contributed by atoms with Crippen LogP contribution in [0.1, 0.15) is 18.9 Å². The highest BCUT2D eigenvalue weighted by Gasteiger charge is 2.09. The number of hydrogen-bond donors (Lipinski definition) is 0. The van der Waals surface area contributed by atoms with Gasteiger partial charge < -0.3 is 4.74 Å². The Morgan fingerprint density at radius 1 is 1.50 bits per heavy atom. The lowest BCUT2D eigenvalue weighted by atomic mass is 10.2. The van der Waals surface area contributed by atoms with Gasteiger partial charge in [-0.1, -0.05) is 30.4 Å². The number of benzene rings is 1. The number of nitrogens with zero attached hydrogens (tertiary/aromatic N) is 2. The number of hydrogen-bond acceptors (Lipinski definition) is 4. The van der Waals surface area contributed by atoms with Crippen LogP contribution in [0, 0.1) is 0 Å². The van der Waals surface area contributed by atoms with E-state index in [1.54, 1.807) is 4.57 Å². The number of rotatable bonds is 4. The van der Waals surface area contributed by atoms with E-state index >= 15 is 0 Å². The summed E-state index contributed by atoms with van der Waals surface area (Å²) in [5.74, 6) is 0.842. The Morgan fingerprint density at radius 2 is 2.40 bits per heavy atom. The minimum Gasteiger partial charge on any atom is -0.494 e. The van der Waals surface area contributed by atoms with Crippen LogP contribution in [-0.2, 0) is 6.54 Å². The van der Waals surface area contributed by atoms with Crippen molar-refractivity contribution in [1.29, 1.82) is 0 Å². The van der Waals surface area contributed by atoms with Gasteiger partial charge in [-0.2, -0.15) is 0 Å². The summed E-state index contributed by atoms with van der Waals surface area (Å²) in [6.07, 6.45) is 2.89. The maximum Gasteiger partial charge on any atom is 0.270 e. The molecule has 0 N–H and O–H groups in total. The van der Waals surface area contributed by atoms with Crippen molar-refractivity contribution in [1.82, 2.24) is 4.57 Å². The molecule has 1 aromatic carbocycles. The highest BCUT2D eigenvalue weighted by Crippen LogP contribution is 2.13. The van der Waals surface area contributed by atoms with Gasteiger partial charge in [-0.25, -0.2) is 0 Å². The Bertz CT molecular complexity index is 789. The molecule has 104 valence electrons. The third kappa shape index (κ3) is 2.54. The van der Waals surface area contributed by atoms with E-state index in [-0.39, 0.29) is 5.56 Å². The second kappa shape index (κ2) is 5.63. The first-order valence-corrected chi connectivity index (χ1v) is 7.58. The topological polar surface area (TPSA) is 43.6 Å². The molecule has 0 radical (unpaired) electrons. The smallest absolute Gasteiger partial charge is 0.270 e. The molecule has 2 aromatic rings. The first kappa shape index (κ1) is 13.1. The summed E-state index contributed by atoms with van der Waals surface area (Å²) in [6, 6.07) is 7.82. The van der Waals surface area contributed by atoms with E-state index in [2.05, 4.69) is 11.9 Å². The van der Waals surface area contributed by atoms with Gasteiger partial charge in [0.15, 0.2) is 4.80 Å². The van der Waals surface area contributed by atoms with Gasteiger partial charge in [-0.3, -0.25) is 14.4 Å². The molecule has 5 heteroatoms. The molecule has 0 bridgehead atoms.